The number of aryl methyl sites for hydroxylation is 2. The smallest absolute Gasteiger partial charge is 0.0400 e. The number of hydrogen-bond donors (Lipinski definition) is 1. The molecule has 0 unspecified atom stereocenters. The highest BCUT2D eigenvalue weighted by molar-refractivity contribution is 5.91. The van der Waals surface area contributed by atoms with Gasteiger partial charge in [0.1, 0.15) is 0 Å². The summed E-state index contributed by atoms with van der Waals surface area (Å²) in [5.41, 5.74) is 14.8. The maximum atomic E-state index is 6.40. The Labute approximate surface area is 164 Å². The molecule has 140 valence electrons. The molecule has 0 fully saturated rings. The lowest BCUT2D eigenvalue weighted by molar-refractivity contribution is 0.795. The maximum Gasteiger partial charge on any atom is 0.0400 e. The van der Waals surface area contributed by atoms with E-state index in [4.69, 9.17) is 5.73 Å². The van der Waals surface area contributed by atoms with Crippen LogP contribution in [0.4, 0.5) is 5.69 Å². The van der Waals surface area contributed by atoms with Crippen molar-refractivity contribution in [3.8, 4) is 22.3 Å². The quantitative estimate of drug-likeness (QED) is 0.421. The van der Waals surface area contributed by atoms with Crippen LogP contribution in [0.5, 0.6) is 0 Å². The predicted molar refractivity (Wildman–Crippen MR) is 119 cm³/mol. The molecule has 0 aromatic heterocycles. The van der Waals surface area contributed by atoms with Crippen molar-refractivity contribution in [2.45, 2.75) is 52.4 Å². The van der Waals surface area contributed by atoms with Gasteiger partial charge in [-0.1, -0.05) is 87.4 Å². The second-order valence-corrected chi connectivity index (χ2v) is 7.37. The van der Waals surface area contributed by atoms with Crippen molar-refractivity contribution in [3.05, 3.63) is 77.9 Å². The van der Waals surface area contributed by atoms with Gasteiger partial charge in [-0.2, -0.15) is 0 Å². The summed E-state index contributed by atoms with van der Waals surface area (Å²) in [4.78, 5) is 0. The summed E-state index contributed by atoms with van der Waals surface area (Å²) < 4.78 is 0. The number of unbranched alkanes of at least 4 members (excludes halogenated alkanes) is 2. The topological polar surface area (TPSA) is 26.0 Å². The van der Waals surface area contributed by atoms with Gasteiger partial charge in [0.15, 0.2) is 0 Å². The van der Waals surface area contributed by atoms with Gasteiger partial charge in [-0.25, -0.2) is 0 Å². The van der Waals surface area contributed by atoms with Gasteiger partial charge in [0.25, 0.3) is 0 Å². The van der Waals surface area contributed by atoms with E-state index in [1.165, 1.54) is 53.5 Å². The molecule has 1 nitrogen and oxygen atoms in total. The first kappa shape index (κ1) is 19.2. The zero-order chi connectivity index (χ0) is 19.1. The second kappa shape index (κ2) is 9.41. The van der Waals surface area contributed by atoms with E-state index in [0.29, 0.717) is 0 Å². The van der Waals surface area contributed by atoms with Crippen molar-refractivity contribution >= 4 is 5.69 Å². The Hall–Kier alpha value is -2.54. The average Bonchev–Trinajstić information content (AvgIpc) is 2.71. The fourth-order valence-corrected chi connectivity index (χ4v) is 3.58. The van der Waals surface area contributed by atoms with Crippen molar-refractivity contribution in [1.29, 1.82) is 0 Å². The Morgan fingerprint density at radius 2 is 1.15 bits per heavy atom. The minimum absolute atomic E-state index is 0.837. The van der Waals surface area contributed by atoms with Crippen LogP contribution in [-0.4, -0.2) is 0 Å². The third-order valence-electron chi connectivity index (χ3n) is 5.24. The number of nitrogen functional groups attached to an aromatic ring is 1. The molecule has 0 bridgehead atoms. The monoisotopic (exact) mass is 357 g/mol. The summed E-state index contributed by atoms with van der Waals surface area (Å²) in [7, 11) is 0. The lowest BCUT2D eigenvalue weighted by atomic mass is 9.91. The van der Waals surface area contributed by atoms with Gasteiger partial charge in [0.05, 0.1) is 0 Å². The SMILES string of the molecule is CCCCc1ccc(-c2cccc(N)c2-c2ccc(CCCC)cc2)cc1. The molecule has 3 rings (SSSR count). The molecular weight excluding hydrogens is 326 g/mol. The van der Waals surface area contributed by atoms with Gasteiger partial charge in [-0.15, -0.1) is 0 Å². The number of benzene rings is 3. The molecule has 0 saturated carbocycles. The molecule has 2 N–H and O–H groups in total. The summed E-state index contributed by atoms with van der Waals surface area (Å²) in [6, 6.07) is 24.1. The largest absolute Gasteiger partial charge is 0.398 e. The average molecular weight is 358 g/mol. The molecule has 0 aliphatic rings. The standard InChI is InChI=1S/C26H31N/c1-3-5-8-20-12-16-22(17-13-20)24-10-7-11-25(27)26(24)23-18-14-21(15-19-23)9-6-4-2/h7,10-19H,3-6,8-9,27H2,1-2H3. The van der Waals surface area contributed by atoms with Crippen LogP contribution < -0.4 is 5.73 Å². The van der Waals surface area contributed by atoms with Gasteiger partial charge in [0.2, 0.25) is 0 Å². The molecule has 0 heterocycles. The van der Waals surface area contributed by atoms with Gasteiger partial charge in [0, 0.05) is 11.3 Å². The minimum atomic E-state index is 0.837. The zero-order valence-electron chi connectivity index (χ0n) is 16.7. The zero-order valence-corrected chi connectivity index (χ0v) is 16.7. The van der Waals surface area contributed by atoms with Crippen molar-refractivity contribution in [2.24, 2.45) is 0 Å². The maximum absolute atomic E-state index is 6.40. The Morgan fingerprint density at radius 1 is 0.630 bits per heavy atom. The highest BCUT2D eigenvalue weighted by Crippen LogP contribution is 2.36. The van der Waals surface area contributed by atoms with Crippen LogP contribution in [-0.2, 0) is 12.8 Å². The van der Waals surface area contributed by atoms with Crippen LogP contribution in [0.3, 0.4) is 0 Å². The Morgan fingerprint density at radius 3 is 1.67 bits per heavy atom. The van der Waals surface area contributed by atoms with Crippen LogP contribution in [0.1, 0.15) is 50.7 Å². The van der Waals surface area contributed by atoms with E-state index >= 15 is 0 Å². The second-order valence-electron chi connectivity index (χ2n) is 7.37. The van der Waals surface area contributed by atoms with Gasteiger partial charge in [-0.3, -0.25) is 0 Å². The number of anilines is 1. The van der Waals surface area contributed by atoms with Crippen LogP contribution in [0, 0.1) is 0 Å². The van der Waals surface area contributed by atoms with Gasteiger partial charge in [-0.05, 0) is 59.6 Å². The summed E-state index contributed by atoms with van der Waals surface area (Å²) in [6.07, 6.45) is 7.24. The third-order valence-corrected chi connectivity index (χ3v) is 5.24. The van der Waals surface area contributed by atoms with Crippen molar-refractivity contribution in [3.63, 3.8) is 0 Å². The van der Waals surface area contributed by atoms with E-state index in [2.05, 4.69) is 74.5 Å². The minimum Gasteiger partial charge on any atom is -0.398 e. The van der Waals surface area contributed by atoms with Crippen LogP contribution in [0.25, 0.3) is 22.3 Å². The molecule has 1 heteroatoms. The lowest BCUT2D eigenvalue weighted by Crippen LogP contribution is -1.94. The number of hydrogen-bond acceptors (Lipinski definition) is 1. The fraction of sp³-hybridized carbons (Fsp3) is 0.308. The van der Waals surface area contributed by atoms with E-state index < -0.39 is 0 Å². The lowest BCUT2D eigenvalue weighted by Gasteiger charge is -2.14. The Bertz CT molecular complexity index is 844. The van der Waals surface area contributed by atoms with Crippen molar-refractivity contribution in [1.82, 2.24) is 0 Å². The van der Waals surface area contributed by atoms with E-state index in [1.54, 1.807) is 0 Å². The van der Waals surface area contributed by atoms with Gasteiger partial charge >= 0.3 is 0 Å². The van der Waals surface area contributed by atoms with Crippen molar-refractivity contribution < 1.29 is 0 Å². The Kier molecular flexibility index (Phi) is 6.70. The first-order valence-corrected chi connectivity index (χ1v) is 10.3. The molecule has 0 saturated heterocycles. The first-order valence-electron chi connectivity index (χ1n) is 10.3. The molecule has 3 aromatic carbocycles. The third kappa shape index (κ3) is 4.80. The molecule has 27 heavy (non-hydrogen) atoms. The van der Waals surface area contributed by atoms with Crippen LogP contribution in [0.15, 0.2) is 66.7 Å². The highest BCUT2D eigenvalue weighted by atomic mass is 14.6. The molecule has 0 aliphatic heterocycles. The molecule has 0 radical (unpaired) electrons. The number of nitrogens with two attached hydrogens (primary N) is 1. The molecular formula is C26H31N. The Balaban J connectivity index is 1.93. The molecule has 0 aliphatic carbocycles. The van der Waals surface area contributed by atoms with E-state index in [-0.39, 0.29) is 0 Å². The normalized spacial score (nSPS) is 10.9. The predicted octanol–water partition coefficient (Wildman–Crippen LogP) is 7.29. The van der Waals surface area contributed by atoms with E-state index in [1.807, 2.05) is 6.07 Å². The summed E-state index contributed by atoms with van der Waals surface area (Å²) in [5.74, 6) is 0. The summed E-state index contributed by atoms with van der Waals surface area (Å²) >= 11 is 0. The molecule has 0 atom stereocenters. The molecule has 0 amide bonds. The van der Waals surface area contributed by atoms with Gasteiger partial charge < -0.3 is 5.73 Å². The molecule has 3 aromatic rings. The summed E-state index contributed by atoms with van der Waals surface area (Å²) in [5, 5.41) is 0. The van der Waals surface area contributed by atoms with Crippen LogP contribution in [0.2, 0.25) is 0 Å². The first-order chi connectivity index (χ1) is 13.2. The van der Waals surface area contributed by atoms with E-state index in [0.717, 1.165) is 24.1 Å². The van der Waals surface area contributed by atoms with E-state index in [9.17, 15) is 0 Å². The summed E-state index contributed by atoms with van der Waals surface area (Å²) in [6.45, 7) is 4.47. The molecule has 0 spiro atoms. The van der Waals surface area contributed by atoms with Crippen LogP contribution >= 0.6 is 0 Å². The fourth-order valence-electron chi connectivity index (χ4n) is 3.58. The number of rotatable bonds is 8. The highest BCUT2D eigenvalue weighted by Gasteiger charge is 2.11. The van der Waals surface area contributed by atoms with Crippen molar-refractivity contribution in [2.75, 3.05) is 5.73 Å².